The van der Waals surface area contributed by atoms with Crippen molar-refractivity contribution in [3.05, 3.63) is 24.3 Å². The fourth-order valence-corrected chi connectivity index (χ4v) is 3.95. The topological polar surface area (TPSA) is 79.5 Å². The van der Waals surface area contributed by atoms with E-state index in [9.17, 15) is 9.59 Å². The van der Waals surface area contributed by atoms with E-state index in [4.69, 9.17) is 4.74 Å². The molecule has 0 aliphatic carbocycles. The molecule has 24 heavy (non-hydrogen) atoms. The normalized spacial score (nSPS) is 21.2. The first-order valence-electron chi connectivity index (χ1n) is 8.38. The monoisotopic (exact) mass is 349 g/mol. The smallest absolute Gasteiger partial charge is 0.319 e. The van der Waals surface area contributed by atoms with Crippen molar-refractivity contribution in [1.29, 1.82) is 0 Å². The van der Waals surface area contributed by atoms with E-state index in [0.717, 1.165) is 37.2 Å². The van der Waals surface area contributed by atoms with Gasteiger partial charge in [0.15, 0.2) is 0 Å². The maximum Gasteiger partial charge on any atom is 0.319 e. The van der Waals surface area contributed by atoms with Crippen molar-refractivity contribution in [3.8, 4) is 0 Å². The molecule has 1 atom stereocenters. The minimum Gasteiger partial charge on any atom is -0.368 e. The number of carbonyl (C=O) groups excluding carboxylic acids is 2. The van der Waals surface area contributed by atoms with Gasteiger partial charge in [0.25, 0.3) is 5.91 Å². The summed E-state index contributed by atoms with van der Waals surface area (Å²) in [5.41, 5.74) is 1.40. The van der Waals surface area contributed by atoms with Crippen molar-refractivity contribution in [2.75, 3.05) is 28.7 Å². The van der Waals surface area contributed by atoms with Gasteiger partial charge in [0.1, 0.15) is 6.10 Å². The summed E-state index contributed by atoms with van der Waals surface area (Å²) in [4.78, 5) is 24.0. The third kappa shape index (κ3) is 4.88. The van der Waals surface area contributed by atoms with E-state index >= 15 is 0 Å². The van der Waals surface area contributed by atoms with E-state index in [2.05, 4.69) is 16.0 Å². The molecule has 2 aliphatic rings. The van der Waals surface area contributed by atoms with Gasteiger partial charge in [-0.15, -0.1) is 0 Å². The van der Waals surface area contributed by atoms with Gasteiger partial charge in [0.2, 0.25) is 0 Å². The SMILES string of the molecule is O=C(Nc1ccc(NC(=O)[C@H]2CCCO2)cc1)NC1CCSCC1. The Hall–Kier alpha value is -1.73. The summed E-state index contributed by atoms with van der Waals surface area (Å²) in [6.07, 6.45) is 3.39. The van der Waals surface area contributed by atoms with Gasteiger partial charge in [-0.05, 0) is 61.5 Å². The van der Waals surface area contributed by atoms with Crippen molar-refractivity contribution in [3.63, 3.8) is 0 Å². The molecule has 2 aliphatic heterocycles. The van der Waals surface area contributed by atoms with Crippen LogP contribution in [0.5, 0.6) is 0 Å². The van der Waals surface area contributed by atoms with Crippen molar-refractivity contribution in [1.82, 2.24) is 5.32 Å². The third-order valence-corrected chi connectivity index (χ3v) is 5.24. The number of carbonyl (C=O) groups is 2. The summed E-state index contributed by atoms with van der Waals surface area (Å²) in [5, 5.41) is 8.67. The van der Waals surface area contributed by atoms with E-state index in [0.29, 0.717) is 18.0 Å². The lowest BCUT2D eigenvalue weighted by atomic mass is 10.2. The number of rotatable bonds is 4. The molecule has 0 radical (unpaired) electrons. The second kappa shape index (κ2) is 8.39. The Bertz CT molecular complexity index is 567. The van der Waals surface area contributed by atoms with E-state index in [-0.39, 0.29) is 24.1 Å². The van der Waals surface area contributed by atoms with Crippen molar-refractivity contribution in [2.24, 2.45) is 0 Å². The van der Waals surface area contributed by atoms with E-state index in [1.54, 1.807) is 24.3 Å². The Labute approximate surface area is 146 Å². The van der Waals surface area contributed by atoms with E-state index < -0.39 is 0 Å². The predicted octanol–water partition coefficient (Wildman–Crippen LogP) is 2.82. The number of nitrogens with one attached hydrogen (secondary N) is 3. The van der Waals surface area contributed by atoms with Gasteiger partial charge in [0, 0.05) is 24.0 Å². The van der Waals surface area contributed by atoms with Crippen molar-refractivity contribution >= 4 is 35.1 Å². The average molecular weight is 349 g/mol. The zero-order chi connectivity index (χ0) is 16.8. The standard InChI is InChI=1S/C17H23N3O3S/c21-16(15-2-1-9-23-15)18-12-3-5-13(6-4-12)19-17(22)20-14-7-10-24-11-8-14/h3-6,14-15H,1-2,7-11H2,(H,18,21)(H2,19,20,22)/t15-/m1/s1. The molecule has 2 saturated heterocycles. The van der Waals surface area contributed by atoms with Crippen LogP contribution in [0.4, 0.5) is 16.2 Å². The lowest BCUT2D eigenvalue weighted by molar-refractivity contribution is -0.124. The molecule has 6 nitrogen and oxygen atoms in total. The van der Waals surface area contributed by atoms with E-state index in [1.165, 1.54) is 0 Å². The Kier molecular flexibility index (Phi) is 5.98. The highest BCUT2D eigenvalue weighted by Gasteiger charge is 2.23. The van der Waals surface area contributed by atoms with Crippen LogP contribution in [0.15, 0.2) is 24.3 Å². The molecule has 0 bridgehead atoms. The Balaban J connectivity index is 1.46. The summed E-state index contributed by atoms with van der Waals surface area (Å²) in [5.74, 6) is 2.09. The summed E-state index contributed by atoms with van der Waals surface area (Å²) < 4.78 is 5.36. The molecule has 3 amide bonds. The summed E-state index contributed by atoms with van der Waals surface area (Å²) in [6, 6.07) is 7.20. The molecule has 3 N–H and O–H groups in total. The molecule has 0 spiro atoms. The van der Waals surface area contributed by atoms with E-state index in [1.807, 2.05) is 11.8 Å². The summed E-state index contributed by atoms with van der Waals surface area (Å²) in [7, 11) is 0. The lowest BCUT2D eigenvalue weighted by Gasteiger charge is -2.22. The molecule has 0 saturated carbocycles. The molecular formula is C17H23N3O3S. The average Bonchev–Trinajstić information content (AvgIpc) is 3.12. The number of hydrogen-bond donors (Lipinski definition) is 3. The highest BCUT2D eigenvalue weighted by molar-refractivity contribution is 7.99. The zero-order valence-corrected chi connectivity index (χ0v) is 14.4. The van der Waals surface area contributed by atoms with Gasteiger partial charge in [-0.2, -0.15) is 11.8 Å². The van der Waals surface area contributed by atoms with Gasteiger partial charge in [0.05, 0.1) is 0 Å². The number of thioether (sulfide) groups is 1. The molecular weight excluding hydrogens is 326 g/mol. The first-order valence-corrected chi connectivity index (χ1v) is 9.54. The second-order valence-corrected chi connectivity index (χ2v) is 7.28. The predicted molar refractivity (Wildman–Crippen MR) is 96.5 cm³/mol. The molecule has 2 heterocycles. The summed E-state index contributed by atoms with van der Waals surface area (Å²) in [6.45, 7) is 0.649. The number of urea groups is 1. The molecule has 0 unspecified atom stereocenters. The van der Waals surface area contributed by atoms with Crippen molar-refractivity contribution in [2.45, 2.75) is 37.8 Å². The maximum absolute atomic E-state index is 12.0. The second-order valence-electron chi connectivity index (χ2n) is 6.05. The van der Waals surface area contributed by atoms with Gasteiger partial charge >= 0.3 is 6.03 Å². The van der Waals surface area contributed by atoms with Crippen LogP contribution in [0.25, 0.3) is 0 Å². The number of amides is 3. The minimum absolute atomic E-state index is 0.110. The van der Waals surface area contributed by atoms with Crippen molar-refractivity contribution < 1.29 is 14.3 Å². The maximum atomic E-state index is 12.0. The molecule has 7 heteroatoms. The van der Waals surface area contributed by atoms with Crippen LogP contribution >= 0.6 is 11.8 Å². The third-order valence-electron chi connectivity index (χ3n) is 4.19. The molecule has 3 rings (SSSR count). The van der Waals surface area contributed by atoms with Gasteiger partial charge in [-0.1, -0.05) is 0 Å². The van der Waals surface area contributed by atoms with Crippen LogP contribution in [-0.4, -0.2) is 42.2 Å². The molecule has 0 aromatic heterocycles. The highest BCUT2D eigenvalue weighted by atomic mass is 32.2. The van der Waals surface area contributed by atoms with Crippen LogP contribution < -0.4 is 16.0 Å². The largest absolute Gasteiger partial charge is 0.368 e. The summed E-state index contributed by atoms with van der Waals surface area (Å²) >= 11 is 1.93. The van der Waals surface area contributed by atoms with Crippen LogP contribution in [0.1, 0.15) is 25.7 Å². The fraction of sp³-hybridized carbons (Fsp3) is 0.529. The Morgan fingerprint density at radius 3 is 2.29 bits per heavy atom. The van der Waals surface area contributed by atoms with Gasteiger partial charge in [-0.3, -0.25) is 4.79 Å². The molecule has 130 valence electrons. The Morgan fingerprint density at radius 2 is 1.67 bits per heavy atom. The molecule has 2 fully saturated rings. The molecule has 1 aromatic rings. The number of anilines is 2. The first kappa shape index (κ1) is 17.1. The lowest BCUT2D eigenvalue weighted by Crippen LogP contribution is -2.39. The zero-order valence-electron chi connectivity index (χ0n) is 13.5. The Morgan fingerprint density at radius 1 is 1.00 bits per heavy atom. The van der Waals surface area contributed by atoms with Gasteiger partial charge < -0.3 is 20.7 Å². The first-order chi connectivity index (χ1) is 11.7. The fourth-order valence-electron chi connectivity index (χ4n) is 2.84. The minimum atomic E-state index is -0.345. The highest BCUT2D eigenvalue weighted by Crippen LogP contribution is 2.19. The number of benzene rings is 1. The quantitative estimate of drug-likeness (QED) is 0.781. The van der Waals surface area contributed by atoms with Gasteiger partial charge in [-0.25, -0.2) is 4.79 Å². The van der Waals surface area contributed by atoms with Crippen LogP contribution in [0.2, 0.25) is 0 Å². The van der Waals surface area contributed by atoms with Crippen LogP contribution in [0, 0.1) is 0 Å². The number of ether oxygens (including phenoxy) is 1. The van der Waals surface area contributed by atoms with Crippen LogP contribution in [-0.2, 0) is 9.53 Å². The number of hydrogen-bond acceptors (Lipinski definition) is 4. The molecule has 1 aromatic carbocycles. The van der Waals surface area contributed by atoms with Crippen LogP contribution in [0.3, 0.4) is 0 Å².